The van der Waals surface area contributed by atoms with E-state index in [1.807, 2.05) is 38.2 Å². The molecule has 0 saturated carbocycles. The number of carbonyl (C=O) groups is 3. The molecule has 3 amide bonds. The van der Waals surface area contributed by atoms with E-state index in [1.165, 1.54) is 11.1 Å². The molecule has 4 rings (SSSR count). The summed E-state index contributed by atoms with van der Waals surface area (Å²) in [5.74, 6) is -0.250. The van der Waals surface area contributed by atoms with Crippen LogP contribution in [0.1, 0.15) is 60.0 Å². The molecule has 4 N–H and O–H groups in total. The largest absolute Gasteiger partial charge is 0.382 e. The zero-order valence-corrected chi connectivity index (χ0v) is 24.6. The average Bonchev–Trinajstić information content (AvgIpc) is 3.26. The van der Waals surface area contributed by atoms with E-state index in [-0.39, 0.29) is 17.6 Å². The first-order valence-electron chi connectivity index (χ1n) is 13.9. The van der Waals surface area contributed by atoms with Gasteiger partial charge < -0.3 is 15.2 Å². The number of aliphatic imine (C=N–C) groups is 1. The van der Waals surface area contributed by atoms with Crippen LogP contribution in [0.3, 0.4) is 0 Å². The molecule has 0 fully saturated rings. The maximum absolute atomic E-state index is 13.6. The molecule has 3 aromatic rings. The molecule has 12 heteroatoms. The highest BCUT2D eigenvalue weighted by Gasteiger charge is 2.38. The van der Waals surface area contributed by atoms with Gasteiger partial charge in [-0.25, -0.2) is 14.2 Å². The number of hydrogen-bond donors (Lipinski definition) is 4. The minimum atomic E-state index is -1.99. The summed E-state index contributed by atoms with van der Waals surface area (Å²) in [5, 5.41) is 10.6. The van der Waals surface area contributed by atoms with Gasteiger partial charge >= 0.3 is 0 Å². The minimum absolute atomic E-state index is 0.0315. The van der Waals surface area contributed by atoms with Crippen molar-refractivity contribution in [2.45, 2.75) is 50.3 Å². The Hall–Kier alpha value is -4.00. The fourth-order valence-electron chi connectivity index (χ4n) is 5.63. The van der Waals surface area contributed by atoms with Crippen LogP contribution in [0.15, 0.2) is 47.6 Å². The van der Waals surface area contributed by atoms with Crippen LogP contribution in [0.4, 0.5) is 17.2 Å². The lowest BCUT2D eigenvalue weighted by molar-refractivity contribution is -0.126. The van der Waals surface area contributed by atoms with Crippen molar-refractivity contribution in [3.8, 4) is 0 Å². The number of hydrogen-bond acceptors (Lipinski definition) is 8. The number of amides is 3. The molecule has 222 valence electrons. The van der Waals surface area contributed by atoms with Crippen LogP contribution in [-0.4, -0.2) is 64.9 Å². The Bertz CT molecular complexity index is 1510. The Morgan fingerprint density at radius 2 is 2.00 bits per heavy atom. The summed E-state index contributed by atoms with van der Waals surface area (Å²) >= 11 is -1.99. The first-order valence-corrected chi connectivity index (χ1v) is 15.2. The van der Waals surface area contributed by atoms with Crippen molar-refractivity contribution in [1.82, 2.24) is 15.6 Å². The number of pyridine rings is 1. The SMILES string of the molecule is C=Nc1ncc(CS(=O)O)cc1NCCC(CCNC)c1ccc2c3c(cccc13)C(=O)N2C(CCC)C(=O)NC=O. The first kappa shape index (κ1) is 30.9. The number of rotatable bonds is 16. The van der Waals surface area contributed by atoms with Gasteiger partial charge in [-0.1, -0.05) is 31.5 Å². The van der Waals surface area contributed by atoms with Crippen LogP contribution >= 0.6 is 0 Å². The van der Waals surface area contributed by atoms with Gasteiger partial charge in [0.1, 0.15) is 6.04 Å². The Balaban J connectivity index is 1.66. The molecule has 0 bridgehead atoms. The Morgan fingerprint density at radius 3 is 2.69 bits per heavy atom. The molecule has 0 aliphatic carbocycles. The number of nitrogens with one attached hydrogen (secondary N) is 3. The van der Waals surface area contributed by atoms with Gasteiger partial charge in [-0.3, -0.25) is 24.6 Å². The standard InChI is InChI=1S/C30H36N6O5S/c1-4-6-26(29(38)35-18-37)36-25-10-9-21(22-7-5-8-23(27(22)25)30(36)39)20(11-13-31-2)12-14-33-24-15-19(17-42(40)41)16-34-28(24)32-3/h5,7-10,15-16,18,20,26,31,33H,3-4,6,11-14,17H2,1-2H3,(H,40,41)(H,35,37,38). The van der Waals surface area contributed by atoms with Crippen LogP contribution in [0.25, 0.3) is 10.8 Å². The zero-order valence-electron chi connectivity index (χ0n) is 23.8. The molecule has 2 heterocycles. The lowest BCUT2D eigenvalue weighted by Crippen LogP contribution is -2.48. The molecule has 0 radical (unpaired) electrons. The summed E-state index contributed by atoms with van der Waals surface area (Å²) in [6.07, 6.45) is 4.53. The molecule has 42 heavy (non-hydrogen) atoms. The third-order valence-electron chi connectivity index (χ3n) is 7.49. The van der Waals surface area contributed by atoms with Crippen LogP contribution in [-0.2, 0) is 26.4 Å². The lowest BCUT2D eigenvalue weighted by Gasteiger charge is -2.27. The lowest BCUT2D eigenvalue weighted by atomic mass is 9.87. The van der Waals surface area contributed by atoms with Crippen molar-refractivity contribution in [1.29, 1.82) is 0 Å². The predicted molar refractivity (Wildman–Crippen MR) is 166 cm³/mol. The number of nitrogens with zero attached hydrogens (tertiary/aromatic N) is 3. The van der Waals surface area contributed by atoms with Gasteiger partial charge in [0.2, 0.25) is 12.3 Å². The van der Waals surface area contributed by atoms with E-state index < -0.39 is 23.0 Å². The van der Waals surface area contributed by atoms with Crippen molar-refractivity contribution < 1.29 is 23.1 Å². The summed E-state index contributed by atoms with van der Waals surface area (Å²) in [6.45, 7) is 6.87. The van der Waals surface area contributed by atoms with Gasteiger partial charge in [0.05, 0.1) is 17.1 Å². The van der Waals surface area contributed by atoms with E-state index >= 15 is 0 Å². The van der Waals surface area contributed by atoms with E-state index in [2.05, 4.69) is 32.6 Å². The van der Waals surface area contributed by atoms with Gasteiger partial charge in [-0.05, 0) is 80.2 Å². The van der Waals surface area contributed by atoms with Crippen molar-refractivity contribution in [2.24, 2.45) is 4.99 Å². The van der Waals surface area contributed by atoms with Gasteiger partial charge in [-0.15, -0.1) is 0 Å². The van der Waals surface area contributed by atoms with Crippen molar-refractivity contribution in [3.63, 3.8) is 0 Å². The second-order valence-corrected chi connectivity index (χ2v) is 11.1. The second kappa shape index (κ2) is 14.3. The van der Waals surface area contributed by atoms with Crippen molar-refractivity contribution in [3.05, 3.63) is 59.3 Å². The van der Waals surface area contributed by atoms with E-state index in [1.54, 1.807) is 12.1 Å². The highest BCUT2D eigenvalue weighted by atomic mass is 32.2. The molecule has 3 atom stereocenters. The van der Waals surface area contributed by atoms with Crippen LogP contribution in [0, 0.1) is 0 Å². The Kier molecular flexibility index (Phi) is 10.5. The molecule has 3 unspecified atom stereocenters. The van der Waals surface area contributed by atoms with Gasteiger partial charge in [0.15, 0.2) is 16.9 Å². The number of benzene rings is 2. The minimum Gasteiger partial charge on any atom is -0.382 e. The molecular weight excluding hydrogens is 556 g/mol. The monoisotopic (exact) mass is 592 g/mol. The van der Waals surface area contributed by atoms with Crippen molar-refractivity contribution >= 4 is 64.0 Å². The van der Waals surface area contributed by atoms with Crippen LogP contribution in [0.5, 0.6) is 0 Å². The Labute approximate surface area is 247 Å². The predicted octanol–water partition coefficient (Wildman–Crippen LogP) is 3.89. The van der Waals surface area contributed by atoms with Gasteiger partial charge in [-0.2, -0.15) is 0 Å². The quantitative estimate of drug-likeness (QED) is 0.111. The summed E-state index contributed by atoms with van der Waals surface area (Å²) < 4.78 is 20.6. The van der Waals surface area contributed by atoms with Crippen LogP contribution in [0.2, 0.25) is 0 Å². The second-order valence-electron chi connectivity index (χ2n) is 10.2. The fraction of sp³-hybridized carbons (Fsp3) is 0.367. The maximum atomic E-state index is 13.6. The number of anilines is 2. The van der Waals surface area contributed by atoms with E-state index in [0.29, 0.717) is 54.1 Å². The van der Waals surface area contributed by atoms with E-state index in [0.717, 1.165) is 35.7 Å². The number of imide groups is 1. The average molecular weight is 593 g/mol. The molecule has 11 nitrogen and oxygen atoms in total. The topological polar surface area (TPSA) is 153 Å². The normalized spacial score (nSPS) is 14.5. The molecule has 1 aromatic heterocycles. The van der Waals surface area contributed by atoms with Gasteiger partial charge in [0.25, 0.3) is 5.91 Å². The summed E-state index contributed by atoms with van der Waals surface area (Å²) in [7, 11) is 1.90. The Morgan fingerprint density at radius 1 is 1.21 bits per heavy atom. The smallest absolute Gasteiger partial charge is 0.259 e. The number of carbonyl (C=O) groups excluding carboxylic acids is 3. The number of aromatic nitrogens is 1. The van der Waals surface area contributed by atoms with E-state index in [9.17, 15) is 23.1 Å². The third kappa shape index (κ3) is 6.56. The molecule has 1 aliphatic heterocycles. The molecule has 1 aliphatic rings. The van der Waals surface area contributed by atoms with Crippen LogP contribution < -0.4 is 20.9 Å². The maximum Gasteiger partial charge on any atom is 0.259 e. The van der Waals surface area contributed by atoms with E-state index in [4.69, 9.17) is 0 Å². The zero-order chi connectivity index (χ0) is 30.2. The molecule has 0 spiro atoms. The fourth-order valence-corrected chi connectivity index (χ4v) is 6.08. The van der Waals surface area contributed by atoms with Crippen molar-refractivity contribution in [2.75, 3.05) is 30.4 Å². The summed E-state index contributed by atoms with van der Waals surface area (Å²) in [5.41, 5.74) is 3.56. The summed E-state index contributed by atoms with van der Waals surface area (Å²) in [6, 6.07) is 10.6. The first-order chi connectivity index (χ1) is 20.3. The highest BCUT2D eigenvalue weighted by Crippen LogP contribution is 2.43. The van der Waals surface area contributed by atoms with Gasteiger partial charge in [0, 0.05) is 23.7 Å². The molecule has 0 saturated heterocycles. The molecular formula is C30H36N6O5S. The summed E-state index contributed by atoms with van der Waals surface area (Å²) in [4.78, 5) is 47.2. The third-order valence-corrected chi connectivity index (χ3v) is 8.07. The highest BCUT2D eigenvalue weighted by molar-refractivity contribution is 7.78. The molecule has 2 aromatic carbocycles.